The summed E-state index contributed by atoms with van der Waals surface area (Å²) in [5, 5.41) is 4.41. The Balaban J connectivity index is 1.36. The number of rotatable bonds is 9. The van der Waals surface area contributed by atoms with Crippen LogP contribution in [-0.2, 0) is 4.79 Å². The Kier molecular flexibility index (Phi) is 8.36. The molecule has 0 aromatic carbocycles. The Hall–Kier alpha value is -3.46. The van der Waals surface area contributed by atoms with Gasteiger partial charge in [0.25, 0.3) is 0 Å². The van der Waals surface area contributed by atoms with Crippen molar-refractivity contribution in [3.63, 3.8) is 0 Å². The molecular weight excluding hydrogens is 512 g/mol. The summed E-state index contributed by atoms with van der Waals surface area (Å²) in [6.07, 6.45) is 3.68. The number of aromatic nitrogens is 5. The van der Waals surface area contributed by atoms with Crippen molar-refractivity contribution in [1.82, 2.24) is 34.4 Å². The van der Waals surface area contributed by atoms with Crippen LogP contribution in [0.15, 0.2) is 24.7 Å². The summed E-state index contributed by atoms with van der Waals surface area (Å²) in [7, 11) is 0. The van der Waals surface area contributed by atoms with Gasteiger partial charge < -0.3 is 14.8 Å². The number of piperazine rings is 1. The SMILES string of the molecule is Cc1c(-c2[nH]c3ccc(N4CCN(C(=O)CN(CC(C)C)CC(C)C)CC4)nc3c2C(C)C)cn2ncnc2c1C. The predicted octanol–water partition coefficient (Wildman–Crippen LogP) is 5.28. The maximum Gasteiger partial charge on any atom is 0.236 e. The fraction of sp³-hybridized carbons (Fsp3) is 0.562. The number of H-pyrrole nitrogens is 1. The Morgan fingerprint density at radius 3 is 2.29 bits per heavy atom. The number of pyridine rings is 2. The van der Waals surface area contributed by atoms with Crippen LogP contribution in [0.5, 0.6) is 0 Å². The van der Waals surface area contributed by atoms with E-state index in [0.29, 0.717) is 18.4 Å². The van der Waals surface area contributed by atoms with Crippen molar-refractivity contribution in [2.45, 2.75) is 61.3 Å². The molecule has 4 aromatic rings. The first-order chi connectivity index (χ1) is 19.5. The van der Waals surface area contributed by atoms with Crippen molar-refractivity contribution in [3.05, 3.63) is 41.3 Å². The molecule has 1 saturated heterocycles. The maximum absolute atomic E-state index is 13.2. The zero-order chi connectivity index (χ0) is 29.4. The molecule has 4 aromatic heterocycles. The second kappa shape index (κ2) is 11.8. The molecule has 5 rings (SSSR count). The second-order valence-electron chi connectivity index (χ2n) is 12.8. The van der Waals surface area contributed by atoms with Crippen LogP contribution in [0, 0.1) is 25.7 Å². The highest BCUT2D eigenvalue weighted by molar-refractivity contribution is 5.90. The van der Waals surface area contributed by atoms with Crippen LogP contribution in [-0.4, -0.2) is 86.1 Å². The van der Waals surface area contributed by atoms with Crippen molar-refractivity contribution in [2.75, 3.05) is 50.7 Å². The monoisotopic (exact) mass is 558 g/mol. The van der Waals surface area contributed by atoms with Crippen molar-refractivity contribution < 1.29 is 4.79 Å². The van der Waals surface area contributed by atoms with Gasteiger partial charge in [0.05, 0.1) is 23.3 Å². The topological polar surface area (TPSA) is 85.7 Å². The summed E-state index contributed by atoms with van der Waals surface area (Å²) < 4.78 is 1.86. The van der Waals surface area contributed by atoms with Crippen molar-refractivity contribution >= 4 is 28.4 Å². The molecule has 1 fully saturated rings. The third-order valence-electron chi connectivity index (χ3n) is 8.20. The van der Waals surface area contributed by atoms with Gasteiger partial charge >= 0.3 is 0 Å². The van der Waals surface area contributed by atoms with Gasteiger partial charge in [-0.25, -0.2) is 14.5 Å². The fourth-order valence-electron chi connectivity index (χ4n) is 6.19. The Labute approximate surface area is 243 Å². The summed E-state index contributed by atoms with van der Waals surface area (Å²) in [6.45, 7) is 23.0. The average Bonchev–Trinajstić information content (AvgIpc) is 3.54. The second-order valence-corrected chi connectivity index (χ2v) is 12.8. The summed E-state index contributed by atoms with van der Waals surface area (Å²) in [6, 6.07) is 4.26. The normalized spacial score (nSPS) is 14.6. The number of hydrogen-bond acceptors (Lipinski definition) is 6. The van der Waals surface area contributed by atoms with Gasteiger partial charge in [0, 0.05) is 56.6 Å². The van der Waals surface area contributed by atoms with Gasteiger partial charge in [-0.1, -0.05) is 41.5 Å². The largest absolute Gasteiger partial charge is 0.353 e. The zero-order valence-corrected chi connectivity index (χ0v) is 26.0. The molecule has 1 amide bonds. The highest BCUT2D eigenvalue weighted by atomic mass is 16.2. The minimum absolute atomic E-state index is 0.238. The van der Waals surface area contributed by atoms with Crippen molar-refractivity contribution in [3.8, 4) is 11.3 Å². The maximum atomic E-state index is 13.2. The van der Waals surface area contributed by atoms with E-state index in [1.807, 2.05) is 9.42 Å². The molecule has 1 aliphatic heterocycles. The molecule has 1 aliphatic rings. The van der Waals surface area contributed by atoms with E-state index in [0.717, 1.165) is 78.6 Å². The minimum Gasteiger partial charge on any atom is -0.353 e. The van der Waals surface area contributed by atoms with Crippen LogP contribution in [0.4, 0.5) is 5.82 Å². The Bertz CT molecular complexity index is 1510. The lowest BCUT2D eigenvalue weighted by Gasteiger charge is -2.37. The molecule has 41 heavy (non-hydrogen) atoms. The predicted molar refractivity (Wildman–Crippen MR) is 167 cm³/mol. The van der Waals surface area contributed by atoms with Gasteiger partial charge in [-0.05, 0) is 54.9 Å². The van der Waals surface area contributed by atoms with Crippen molar-refractivity contribution in [2.24, 2.45) is 11.8 Å². The summed E-state index contributed by atoms with van der Waals surface area (Å²) in [5.74, 6) is 2.58. The number of hydrogen-bond donors (Lipinski definition) is 1. The van der Waals surface area contributed by atoms with Crippen LogP contribution >= 0.6 is 0 Å². The van der Waals surface area contributed by atoms with Crippen LogP contribution in [0.2, 0.25) is 0 Å². The first-order valence-electron chi connectivity index (χ1n) is 15.1. The summed E-state index contributed by atoms with van der Waals surface area (Å²) in [5.41, 5.74) is 8.70. The smallest absolute Gasteiger partial charge is 0.236 e. The first-order valence-corrected chi connectivity index (χ1v) is 15.1. The zero-order valence-electron chi connectivity index (χ0n) is 26.0. The highest BCUT2D eigenvalue weighted by Gasteiger charge is 2.26. The van der Waals surface area contributed by atoms with Crippen LogP contribution in [0.1, 0.15) is 64.2 Å². The van der Waals surface area contributed by atoms with E-state index in [4.69, 9.17) is 4.98 Å². The quantitative estimate of drug-likeness (QED) is 0.301. The number of anilines is 1. The Morgan fingerprint density at radius 1 is 0.976 bits per heavy atom. The highest BCUT2D eigenvalue weighted by Crippen LogP contribution is 2.38. The number of carbonyl (C=O) groups is 1. The van der Waals surface area contributed by atoms with E-state index >= 15 is 0 Å². The number of aryl methyl sites for hydroxylation is 1. The molecule has 0 radical (unpaired) electrons. The fourth-order valence-corrected chi connectivity index (χ4v) is 6.19. The van der Waals surface area contributed by atoms with E-state index in [9.17, 15) is 4.79 Å². The van der Waals surface area contributed by atoms with Gasteiger partial charge in [-0.3, -0.25) is 9.69 Å². The summed E-state index contributed by atoms with van der Waals surface area (Å²) >= 11 is 0. The lowest BCUT2D eigenvalue weighted by molar-refractivity contribution is -0.133. The number of carbonyl (C=O) groups excluding carboxylic acids is 1. The number of nitrogens with one attached hydrogen (secondary N) is 1. The number of amides is 1. The average molecular weight is 559 g/mol. The van der Waals surface area contributed by atoms with E-state index in [-0.39, 0.29) is 11.8 Å². The molecule has 5 heterocycles. The molecule has 0 bridgehead atoms. The van der Waals surface area contributed by atoms with Crippen molar-refractivity contribution in [1.29, 1.82) is 0 Å². The molecule has 0 atom stereocenters. The van der Waals surface area contributed by atoms with E-state index in [2.05, 4.69) is 98.6 Å². The number of aromatic amines is 1. The molecule has 220 valence electrons. The van der Waals surface area contributed by atoms with Gasteiger partial charge in [0.15, 0.2) is 5.65 Å². The molecule has 1 N–H and O–H groups in total. The van der Waals surface area contributed by atoms with E-state index < -0.39 is 0 Å². The minimum atomic E-state index is 0.238. The molecule has 9 nitrogen and oxygen atoms in total. The third kappa shape index (κ3) is 5.96. The molecule has 0 spiro atoms. The lowest BCUT2D eigenvalue weighted by atomic mass is 9.95. The van der Waals surface area contributed by atoms with Crippen LogP contribution in [0.3, 0.4) is 0 Å². The van der Waals surface area contributed by atoms with E-state index in [1.165, 1.54) is 11.1 Å². The van der Waals surface area contributed by atoms with Gasteiger partial charge in [0.2, 0.25) is 5.91 Å². The Morgan fingerprint density at radius 2 is 1.66 bits per heavy atom. The number of fused-ring (bicyclic) bond motifs is 2. The molecule has 9 heteroatoms. The molecule has 0 unspecified atom stereocenters. The van der Waals surface area contributed by atoms with Crippen LogP contribution < -0.4 is 4.90 Å². The summed E-state index contributed by atoms with van der Waals surface area (Å²) in [4.78, 5) is 33.2. The lowest BCUT2D eigenvalue weighted by Crippen LogP contribution is -2.52. The molecule has 0 aliphatic carbocycles. The molecular formula is C32H46N8O. The van der Waals surface area contributed by atoms with Gasteiger partial charge in [-0.15, -0.1) is 0 Å². The van der Waals surface area contributed by atoms with Gasteiger partial charge in [-0.2, -0.15) is 5.10 Å². The molecule has 0 saturated carbocycles. The third-order valence-corrected chi connectivity index (χ3v) is 8.20. The number of nitrogens with zero attached hydrogens (tertiary/aromatic N) is 7. The van der Waals surface area contributed by atoms with Gasteiger partial charge in [0.1, 0.15) is 12.1 Å². The standard InChI is InChI=1S/C32H46N8O/c1-20(2)15-37(16-21(3)4)18-28(41)39-13-11-38(12-14-39)27-10-9-26-31(36-27)29(22(5)6)30(35-26)25-17-40-32(33-19-34-40)24(8)23(25)7/h9-10,17,19-22,35H,11-16,18H2,1-8H3. The first kappa shape index (κ1) is 29.0. The van der Waals surface area contributed by atoms with E-state index in [1.54, 1.807) is 6.33 Å². The van der Waals surface area contributed by atoms with Crippen LogP contribution in [0.25, 0.3) is 27.9 Å².